The maximum absolute atomic E-state index is 12.0. The molecule has 1 saturated carbocycles. The average Bonchev–Trinajstić information content (AvgIpc) is 2.63. The minimum Gasteiger partial charge on any atom is -0.325 e. The molecular weight excluding hydrogens is 244 g/mol. The smallest absolute Gasteiger partial charge is 0.141 e. The molecule has 0 radical (unpaired) electrons. The summed E-state index contributed by atoms with van der Waals surface area (Å²) in [6, 6.07) is 0. The highest BCUT2D eigenvalue weighted by molar-refractivity contribution is 7.09. The van der Waals surface area contributed by atoms with E-state index in [2.05, 4.69) is 31.1 Å². The van der Waals surface area contributed by atoms with Gasteiger partial charge in [-0.3, -0.25) is 4.79 Å². The van der Waals surface area contributed by atoms with E-state index in [4.69, 9.17) is 5.73 Å². The third kappa shape index (κ3) is 3.18. The first-order chi connectivity index (χ1) is 8.28. The van der Waals surface area contributed by atoms with Crippen LogP contribution in [0.2, 0.25) is 0 Å². The number of carbonyl (C=O) groups is 1. The van der Waals surface area contributed by atoms with Crippen LogP contribution in [0.5, 0.6) is 0 Å². The lowest BCUT2D eigenvalue weighted by Crippen LogP contribution is -2.48. The molecule has 4 heteroatoms. The summed E-state index contributed by atoms with van der Waals surface area (Å²) < 4.78 is 0. The zero-order valence-electron chi connectivity index (χ0n) is 11.5. The fraction of sp³-hybridized carbons (Fsp3) is 0.714. The van der Waals surface area contributed by atoms with E-state index in [1.54, 1.807) is 11.3 Å². The van der Waals surface area contributed by atoms with E-state index in [1.807, 2.05) is 0 Å². The monoisotopic (exact) mass is 266 g/mol. The van der Waals surface area contributed by atoms with Crippen LogP contribution in [-0.2, 0) is 16.6 Å². The van der Waals surface area contributed by atoms with E-state index < -0.39 is 0 Å². The number of hydrogen-bond acceptors (Lipinski definition) is 4. The average molecular weight is 266 g/mol. The second-order valence-electron chi connectivity index (χ2n) is 6.48. The molecule has 0 aromatic carbocycles. The zero-order chi connectivity index (χ0) is 13.4. The second kappa shape index (κ2) is 4.74. The van der Waals surface area contributed by atoms with Gasteiger partial charge < -0.3 is 5.73 Å². The number of ketones is 1. The van der Waals surface area contributed by atoms with Gasteiger partial charge in [0.2, 0.25) is 0 Å². The molecule has 1 fully saturated rings. The molecule has 1 aliphatic rings. The van der Waals surface area contributed by atoms with Gasteiger partial charge in [-0.15, -0.1) is 11.3 Å². The van der Waals surface area contributed by atoms with Crippen molar-refractivity contribution in [3.05, 3.63) is 16.1 Å². The molecule has 0 atom stereocenters. The molecule has 3 nitrogen and oxygen atoms in total. The number of rotatable bonds is 4. The minimum atomic E-state index is -0.207. The van der Waals surface area contributed by atoms with Gasteiger partial charge in [-0.2, -0.15) is 0 Å². The lowest BCUT2D eigenvalue weighted by Gasteiger charge is -2.37. The van der Waals surface area contributed by atoms with Crippen LogP contribution in [-0.4, -0.2) is 16.3 Å². The van der Waals surface area contributed by atoms with Crippen molar-refractivity contribution in [2.75, 3.05) is 0 Å². The highest BCUT2D eigenvalue weighted by Crippen LogP contribution is 2.33. The molecule has 0 bridgehead atoms. The fourth-order valence-electron chi connectivity index (χ4n) is 2.17. The van der Waals surface area contributed by atoms with Crippen LogP contribution in [0.3, 0.4) is 0 Å². The number of Topliss-reactive ketones (excluding diaryl/α,β-unsaturated/α-hetero) is 1. The largest absolute Gasteiger partial charge is 0.325 e. The Bertz CT molecular complexity index is 441. The molecule has 2 rings (SSSR count). The number of hydrogen-bond donors (Lipinski definition) is 1. The maximum atomic E-state index is 12.0. The van der Waals surface area contributed by atoms with Gasteiger partial charge in [0.15, 0.2) is 0 Å². The topological polar surface area (TPSA) is 56.0 Å². The van der Waals surface area contributed by atoms with Crippen molar-refractivity contribution in [1.29, 1.82) is 0 Å². The molecule has 1 aliphatic carbocycles. The van der Waals surface area contributed by atoms with Gasteiger partial charge in [0.05, 0.1) is 12.1 Å². The van der Waals surface area contributed by atoms with Gasteiger partial charge in [-0.1, -0.05) is 20.8 Å². The van der Waals surface area contributed by atoms with E-state index >= 15 is 0 Å². The lowest BCUT2D eigenvalue weighted by molar-refractivity contribution is -0.120. The summed E-state index contributed by atoms with van der Waals surface area (Å²) in [7, 11) is 0. The maximum Gasteiger partial charge on any atom is 0.141 e. The summed E-state index contributed by atoms with van der Waals surface area (Å²) in [4.78, 5) is 16.5. The molecule has 0 amide bonds. The van der Waals surface area contributed by atoms with Crippen molar-refractivity contribution < 1.29 is 4.79 Å². The number of aromatic nitrogens is 1. The highest BCUT2D eigenvalue weighted by atomic mass is 32.1. The Morgan fingerprint density at radius 2 is 2.17 bits per heavy atom. The highest BCUT2D eigenvalue weighted by Gasteiger charge is 2.34. The summed E-state index contributed by atoms with van der Waals surface area (Å²) >= 11 is 1.58. The van der Waals surface area contributed by atoms with Crippen molar-refractivity contribution in [2.24, 2.45) is 5.73 Å². The van der Waals surface area contributed by atoms with Gasteiger partial charge in [0.1, 0.15) is 10.8 Å². The molecule has 0 unspecified atom stereocenters. The summed E-state index contributed by atoms with van der Waals surface area (Å²) in [6.07, 6.45) is 4.10. The number of thiazole rings is 1. The van der Waals surface area contributed by atoms with Crippen LogP contribution >= 0.6 is 11.3 Å². The van der Waals surface area contributed by atoms with Crippen molar-refractivity contribution in [3.8, 4) is 0 Å². The molecule has 0 saturated heterocycles. The first-order valence-corrected chi connectivity index (χ1v) is 7.42. The molecule has 1 heterocycles. The van der Waals surface area contributed by atoms with E-state index in [1.165, 1.54) is 0 Å². The van der Waals surface area contributed by atoms with Crippen LogP contribution < -0.4 is 5.73 Å². The van der Waals surface area contributed by atoms with Crippen LogP contribution in [0.1, 0.15) is 57.2 Å². The molecule has 18 heavy (non-hydrogen) atoms. The normalized spacial score (nSPS) is 18.4. The molecule has 0 aliphatic heterocycles. The summed E-state index contributed by atoms with van der Waals surface area (Å²) in [6.45, 7) is 6.41. The Labute approximate surface area is 113 Å². The minimum absolute atomic E-state index is 0.0564. The molecule has 1 aromatic rings. The van der Waals surface area contributed by atoms with E-state index in [9.17, 15) is 4.79 Å². The number of nitrogens with zero attached hydrogens (tertiary/aromatic N) is 1. The molecule has 0 spiro atoms. The van der Waals surface area contributed by atoms with Crippen LogP contribution in [0.4, 0.5) is 0 Å². The summed E-state index contributed by atoms with van der Waals surface area (Å²) in [5, 5.41) is 2.98. The van der Waals surface area contributed by atoms with Gasteiger partial charge in [0, 0.05) is 22.8 Å². The summed E-state index contributed by atoms with van der Waals surface area (Å²) in [5.74, 6) is 0.229. The van der Waals surface area contributed by atoms with Crippen LogP contribution in [0.25, 0.3) is 0 Å². The first kappa shape index (κ1) is 13.7. The van der Waals surface area contributed by atoms with Gasteiger partial charge in [-0.05, 0) is 19.3 Å². The Morgan fingerprint density at radius 1 is 1.50 bits per heavy atom. The van der Waals surface area contributed by atoms with Crippen molar-refractivity contribution >= 4 is 17.1 Å². The zero-order valence-corrected chi connectivity index (χ0v) is 12.3. The fourth-order valence-corrected chi connectivity index (χ4v) is 3.22. The molecule has 2 N–H and O–H groups in total. The van der Waals surface area contributed by atoms with Crippen LogP contribution in [0.15, 0.2) is 5.38 Å². The Hall–Kier alpha value is -0.740. The van der Waals surface area contributed by atoms with E-state index in [-0.39, 0.29) is 16.7 Å². The Morgan fingerprint density at radius 3 is 2.61 bits per heavy atom. The van der Waals surface area contributed by atoms with Crippen molar-refractivity contribution in [1.82, 2.24) is 4.98 Å². The lowest BCUT2D eigenvalue weighted by atomic mass is 9.74. The third-order valence-electron chi connectivity index (χ3n) is 3.57. The SMILES string of the molecule is CC(C)(C)c1csc(CC(=O)CC2(N)CCC2)n1. The second-order valence-corrected chi connectivity index (χ2v) is 7.43. The van der Waals surface area contributed by atoms with E-state index in [0.717, 1.165) is 30.0 Å². The molecule has 1 aromatic heterocycles. The van der Waals surface area contributed by atoms with Crippen LogP contribution in [0, 0.1) is 0 Å². The molecular formula is C14H22N2OS. The standard InChI is InChI=1S/C14H22N2OS/c1-13(2,3)11-9-18-12(16-11)7-10(17)8-14(15)5-4-6-14/h9H,4-8,15H2,1-3H3. The third-order valence-corrected chi connectivity index (χ3v) is 4.42. The Balaban J connectivity index is 1.93. The quantitative estimate of drug-likeness (QED) is 0.911. The number of carbonyl (C=O) groups excluding carboxylic acids is 1. The predicted molar refractivity (Wildman–Crippen MR) is 74.9 cm³/mol. The first-order valence-electron chi connectivity index (χ1n) is 6.54. The predicted octanol–water partition coefficient (Wildman–Crippen LogP) is 2.82. The summed E-state index contributed by atoms with van der Waals surface area (Å²) in [5.41, 5.74) is 7.01. The van der Waals surface area contributed by atoms with Crippen molar-refractivity contribution in [2.45, 2.75) is 63.8 Å². The van der Waals surface area contributed by atoms with Gasteiger partial charge in [-0.25, -0.2) is 4.98 Å². The number of nitrogens with two attached hydrogens (primary N) is 1. The Kier molecular flexibility index (Phi) is 3.60. The molecule has 100 valence electrons. The van der Waals surface area contributed by atoms with E-state index in [0.29, 0.717) is 12.8 Å². The van der Waals surface area contributed by atoms with Crippen molar-refractivity contribution in [3.63, 3.8) is 0 Å². The van der Waals surface area contributed by atoms with Gasteiger partial charge in [0.25, 0.3) is 0 Å². The van der Waals surface area contributed by atoms with Gasteiger partial charge >= 0.3 is 0 Å².